The van der Waals surface area contributed by atoms with Crippen LogP contribution in [-0.2, 0) is 4.79 Å². The number of hydrogen-bond acceptors (Lipinski definition) is 5. The summed E-state index contributed by atoms with van der Waals surface area (Å²) in [7, 11) is 0. The van der Waals surface area contributed by atoms with Gasteiger partial charge in [0.05, 0.1) is 18.3 Å². The number of aliphatic hydroxyl groups is 3. The molecule has 0 spiro atoms. The molecule has 4 N–H and O–H groups in total. The van der Waals surface area contributed by atoms with Gasteiger partial charge in [-0.25, -0.2) is 0 Å². The molecular weight excluding hydrogens is 414 g/mol. The van der Waals surface area contributed by atoms with E-state index >= 15 is 0 Å². The average Bonchev–Trinajstić information content (AvgIpc) is 3.13. The maximum atomic E-state index is 13.1. The summed E-state index contributed by atoms with van der Waals surface area (Å²) >= 11 is 0. The molecule has 190 valence electrons. The van der Waals surface area contributed by atoms with Gasteiger partial charge in [0.1, 0.15) is 5.78 Å². The van der Waals surface area contributed by atoms with Crippen molar-refractivity contribution < 1.29 is 20.1 Å². The van der Waals surface area contributed by atoms with Crippen LogP contribution >= 0.6 is 0 Å². The summed E-state index contributed by atoms with van der Waals surface area (Å²) < 4.78 is 0. The number of hydrogen-bond donors (Lipinski definition) is 4. The van der Waals surface area contributed by atoms with Crippen LogP contribution in [0, 0.1) is 46.3 Å². The molecule has 11 atom stereocenters. The zero-order chi connectivity index (χ0) is 24.0. The predicted molar refractivity (Wildman–Crippen MR) is 131 cm³/mol. The van der Waals surface area contributed by atoms with Crippen LogP contribution in [0.15, 0.2) is 0 Å². The van der Waals surface area contributed by atoms with Crippen molar-refractivity contribution >= 4 is 5.78 Å². The Kier molecular flexibility index (Phi) is 7.66. The van der Waals surface area contributed by atoms with Crippen LogP contribution in [0.1, 0.15) is 91.9 Å². The van der Waals surface area contributed by atoms with E-state index in [9.17, 15) is 20.1 Å². The predicted octanol–water partition coefficient (Wildman–Crippen LogP) is 3.93. The number of nitrogens with one attached hydrogen (secondary N) is 1. The first-order valence-corrected chi connectivity index (χ1v) is 13.9. The first-order chi connectivity index (χ1) is 15.6. The SMILES string of the molecule is CCCCNCCC(=O)C(C)C1CCC2C3C(O)CC4CC(O)CCC4(C)C3CC(O)C12C. The Balaban J connectivity index is 1.49. The van der Waals surface area contributed by atoms with E-state index in [1.54, 1.807) is 0 Å². The highest BCUT2D eigenvalue weighted by atomic mass is 16.3. The van der Waals surface area contributed by atoms with Crippen molar-refractivity contribution in [3.05, 3.63) is 0 Å². The number of aliphatic hydroxyl groups excluding tert-OH is 3. The zero-order valence-corrected chi connectivity index (χ0v) is 21.4. The number of carbonyl (C=O) groups excluding carboxylic acids is 1. The van der Waals surface area contributed by atoms with Crippen LogP contribution < -0.4 is 5.32 Å². The summed E-state index contributed by atoms with van der Waals surface area (Å²) in [6.45, 7) is 10.6. The molecule has 4 aliphatic carbocycles. The molecule has 0 aromatic carbocycles. The number of rotatable bonds is 8. The molecular formula is C28H49NO4. The molecule has 0 saturated heterocycles. The molecule has 0 aromatic heterocycles. The molecule has 5 heteroatoms. The Hall–Kier alpha value is -0.490. The van der Waals surface area contributed by atoms with Crippen LogP contribution in [0.4, 0.5) is 0 Å². The fraction of sp³-hybridized carbons (Fsp3) is 0.964. The minimum Gasteiger partial charge on any atom is -0.393 e. The van der Waals surface area contributed by atoms with E-state index in [4.69, 9.17) is 0 Å². The first-order valence-electron chi connectivity index (χ1n) is 13.9. The summed E-state index contributed by atoms with van der Waals surface area (Å²) in [5.74, 6) is 1.58. The second-order valence-electron chi connectivity index (χ2n) is 12.6. The van der Waals surface area contributed by atoms with Gasteiger partial charge in [0, 0.05) is 24.3 Å². The van der Waals surface area contributed by atoms with E-state index in [0.717, 1.165) is 70.9 Å². The van der Waals surface area contributed by atoms with Gasteiger partial charge in [0.15, 0.2) is 0 Å². The third-order valence-corrected chi connectivity index (χ3v) is 11.2. The Morgan fingerprint density at radius 3 is 2.52 bits per heavy atom. The van der Waals surface area contributed by atoms with Crippen LogP contribution in [-0.4, -0.2) is 52.5 Å². The highest BCUT2D eigenvalue weighted by Gasteiger charge is 2.66. The Labute approximate surface area is 201 Å². The van der Waals surface area contributed by atoms with Crippen molar-refractivity contribution in [2.75, 3.05) is 13.1 Å². The van der Waals surface area contributed by atoms with E-state index in [1.807, 2.05) is 0 Å². The Morgan fingerprint density at radius 1 is 1.03 bits per heavy atom. The second kappa shape index (κ2) is 9.87. The highest BCUT2D eigenvalue weighted by molar-refractivity contribution is 5.81. The molecule has 0 aliphatic heterocycles. The maximum absolute atomic E-state index is 13.1. The van der Waals surface area contributed by atoms with E-state index in [1.165, 1.54) is 0 Å². The zero-order valence-electron chi connectivity index (χ0n) is 21.4. The molecule has 5 nitrogen and oxygen atoms in total. The third-order valence-electron chi connectivity index (χ3n) is 11.2. The number of carbonyl (C=O) groups is 1. The fourth-order valence-electron chi connectivity index (χ4n) is 9.11. The fourth-order valence-corrected chi connectivity index (χ4v) is 9.11. The lowest BCUT2D eigenvalue weighted by Crippen LogP contribution is -2.62. The van der Waals surface area contributed by atoms with Crippen molar-refractivity contribution in [2.45, 2.75) is 110 Å². The van der Waals surface area contributed by atoms with E-state index in [0.29, 0.717) is 24.0 Å². The maximum Gasteiger partial charge on any atom is 0.137 e. The molecule has 33 heavy (non-hydrogen) atoms. The van der Waals surface area contributed by atoms with Gasteiger partial charge >= 0.3 is 0 Å². The number of Topliss-reactive ketones (excluding diaryl/α,β-unsaturated/α-hetero) is 1. The lowest BCUT2D eigenvalue weighted by atomic mass is 9.43. The summed E-state index contributed by atoms with van der Waals surface area (Å²) in [4.78, 5) is 13.1. The topological polar surface area (TPSA) is 89.8 Å². The van der Waals surface area contributed by atoms with Gasteiger partial charge in [0.25, 0.3) is 0 Å². The van der Waals surface area contributed by atoms with Gasteiger partial charge in [-0.1, -0.05) is 34.1 Å². The molecule has 4 rings (SSSR count). The minimum atomic E-state index is -0.427. The highest BCUT2D eigenvalue weighted by Crippen LogP contribution is 2.68. The van der Waals surface area contributed by atoms with Gasteiger partial charge in [-0.15, -0.1) is 0 Å². The second-order valence-corrected chi connectivity index (χ2v) is 12.6. The molecule has 11 unspecified atom stereocenters. The standard InChI is InChI=1S/C28H49NO4/c1-5-6-12-29-13-10-23(31)17(2)20-7-8-21-26-22(16-25(33)28(20,21)4)27(3)11-9-19(30)14-18(27)15-24(26)32/h17-22,24-26,29-30,32-33H,5-16H2,1-4H3. The lowest BCUT2D eigenvalue weighted by Gasteiger charge is -2.63. The Bertz CT molecular complexity index is 699. The van der Waals surface area contributed by atoms with E-state index in [-0.39, 0.29) is 46.7 Å². The summed E-state index contributed by atoms with van der Waals surface area (Å²) in [6.07, 6.45) is 7.94. The van der Waals surface area contributed by atoms with Crippen molar-refractivity contribution in [3.63, 3.8) is 0 Å². The van der Waals surface area contributed by atoms with Crippen LogP contribution in [0.3, 0.4) is 0 Å². The van der Waals surface area contributed by atoms with Gasteiger partial charge in [-0.2, -0.15) is 0 Å². The summed E-state index contributed by atoms with van der Waals surface area (Å²) in [6, 6.07) is 0. The molecule has 0 amide bonds. The normalized spacial score (nSPS) is 48.0. The lowest BCUT2D eigenvalue weighted by molar-refractivity contribution is -0.206. The molecule has 0 radical (unpaired) electrons. The minimum absolute atomic E-state index is 0.0481. The molecule has 0 bridgehead atoms. The number of unbranched alkanes of at least 4 members (excludes halogenated alkanes) is 1. The largest absolute Gasteiger partial charge is 0.393 e. The molecule has 4 fully saturated rings. The number of fused-ring (bicyclic) bond motifs is 5. The molecule has 0 aromatic rings. The van der Waals surface area contributed by atoms with Gasteiger partial charge < -0.3 is 20.6 Å². The van der Waals surface area contributed by atoms with Crippen molar-refractivity contribution in [1.82, 2.24) is 5.32 Å². The monoisotopic (exact) mass is 463 g/mol. The average molecular weight is 464 g/mol. The van der Waals surface area contributed by atoms with E-state index in [2.05, 4.69) is 33.0 Å². The van der Waals surface area contributed by atoms with Crippen LogP contribution in [0.5, 0.6) is 0 Å². The van der Waals surface area contributed by atoms with Gasteiger partial charge in [-0.3, -0.25) is 4.79 Å². The van der Waals surface area contributed by atoms with E-state index < -0.39 is 6.10 Å². The summed E-state index contributed by atoms with van der Waals surface area (Å²) in [5.41, 5.74) is -0.209. The number of ketones is 1. The molecule has 4 saturated carbocycles. The van der Waals surface area contributed by atoms with Gasteiger partial charge in [0.2, 0.25) is 0 Å². The van der Waals surface area contributed by atoms with Gasteiger partial charge in [-0.05, 0) is 92.9 Å². The van der Waals surface area contributed by atoms with Crippen molar-refractivity contribution in [1.29, 1.82) is 0 Å². The first kappa shape index (κ1) is 25.6. The van der Waals surface area contributed by atoms with Crippen LogP contribution in [0.2, 0.25) is 0 Å². The third kappa shape index (κ3) is 4.34. The quantitative estimate of drug-likeness (QED) is 0.410. The van der Waals surface area contributed by atoms with Crippen molar-refractivity contribution in [2.24, 2.45) is 46.3 Å². The Morgan fingerprint density at radius 2 is 1.79 bits per heavy atom. The smallest absolute Gasteiger partial charge is 0.137 e. The summed E-state index contributed by atoms with van der Waals surface area (Å²) in [5, 5.41) is 36.7. The van der Waals surface area contributed by atoms with Crippen molar-refractivity contribution in [3.8, 4) is 0 Å². The molecule has 4 aliphatic rings. The van der Waals surface area contributed by atoms with Crippen LogP contribution in [0.25, 0.3) is 0 Å². The molecule has 0 heterocycles.